The summed E-state index contributed by atoms with van der Waals surface area (Å²) in [4.78, 5) is 0. The van der Waals surface area contributed by atoms with Crippen molar-refractivity contribution in [2.45, 2.75) is 67.7 Å². The van der Waals surface area contributed by atoms with Gasteiger partial charge in [-0.05, 0) is 29.6 Å². The molecule has 0 amide bonds. The Kier molecular flexibility index (Phi) is 5.78. The molecule has 0 nitrogen and oxygen atoms in total. The van der Waals surface area contributed by atoms with Crippen LogP contribution in [0.5, 0.6) is 0 Å². The molecule has 0 aromatic heterocycles. The van der Waals surface area contributed by atoms with Gasteiger partial charge in [0.1, 0.15) is 0 Å². The monoisotopic (exact) mass is 198 g/mol. The topological polar surface area (TPSA) is 0 Å². The van der Waals surface area contributed by atoms with Gasteiger partial charge in [-0.2, -0.15) is 0 Å². The molecule has 0 spiro atoms. The van der Waals surface area contributed by atoms with Crippen molar-refractivity contribution in [1.29, 1.82) is 0 Å². The first-order chi connectivity index (χ1) is 6.31. The molecule has 0 saturated carbocycles. The van der Waals surface area contributed by atoms with Crippen molar-refractivity contribution in [2.75, 3.05) is 0 Å². The quantitative estimate of drug-likeness (QED) is 0.555. The van der Waals surface area contributed by atoms with Crippen molar-refractivity contribution in [3.8, 4) is 0 Å². The molecule has 2 unspecified atom stereocenters. The zero-order chi connectivity index (χ0) is 11.4. The molecule has 2 atom stereocenters. The molecular weight excluding hydrogens is 168 g/mol. The lowest BCUT2D eigenvalue weighted by Crippen LogP contribution is -2.21. The molecule has 0 aliphatic heterocycles. The maximum atomic E-state index is 2.41. The van der Waals surface area contributed by atoms with Gasteiger partial charge in [0.15, 0.2) is 0 Å². The zero-order valence-electron chi connectivity index (χ0n) is 11.4. The first-order valence-corrected chi connectivity index (χ1v) is 6.31. The predicted octanol–water partition coefficient (Wildman–Crippen LogP) is 5.13. The van der Waals surface area contributed by atoms with Gasteiger partial charge in [-0.3, -0.25) is 0 Å². The van der Waals surface area contributed by atoms with Crippen molar-refractivity contribution in [3.63, 3.8) is 0 Å². The Balaban J connectivity index is 3.90. The van der Waals surface area contributed by atoms with Gasteiger partial charge in [0.2, 0.25) is 0 Å². The average molecular weight is 198 g/mol. The Morgan fingerprint density at radius 1 is 0.929 bits per heavy atom. The molecule has 86 valence electrons. The maximum Gasteiger partial charge on any atom is -0.0331 e. The lowest BCUT2D eigenvalue weighted by atomic mass is 9.74. The number of hydrogen-bond donors (Lipinski definition) is 0. The van der Waals surface area contributed by atoms with Crippen LogP contribution in [0.15, 0.2) is 0 Å². The Morgan fingerprint density at radius 2 is 1.43 bits per heavy atom. The highest BCUT2D eigenvalue weighted by Crippen LogP contribution is 2.34. The Bertz CT molecular complexity index is 144. The third-order valence-corrected chi connectivity index (χ3v) is 4.44. The Hall–Kier alpha value is 0. The fourth-order valence-corrected chi connectivity index (χ4v) is 1.59. The van der Waals surface area contributed by atoms with E-state index < -0.39 is 0 Å². The molecule has 0 aliphatic carbocycles. The molecule has 0 fully saturated rings. The third kappa shape index (κ3) is 4.48. The van der Waals surface area contributed by atoms with E-state index in [0.29, 0.717) is 5.41 Å². The van der Waals surface area contributed by atoms with Crippen LogP contribution in [-0.2, 0) is 0 Å². The lowest BCUT2D eigenvalue weighted by molar-refractivity contribution is 0.192. The van der Waals surface area contributed by atoms with Crippen LogP contribution in [0.3, 0.4) is 0 Å². The third-order valence-electron chi connectivity index (χ3n) is 4.44. The van der Waals surface area contributed by atoms with Crippen LogP contribution in [0.2, 0.25) is 0 Å². The highest BCUT2D eigenvalue weighted by molar-refractivity contribution is 4.74. The van der Waals surface area contributed by atoms with Crippen LogP contribution in [-0.4, -0.2) is 0 Å². The fraction of sp³-hybridized carbons (Fsp3) is 1.00. The van der Waals surface area contributed by atoms with Gasteiger partial charge in [-0.15, -0.1) is 0 Å². The van der Waals surface area contributed by atoms with Crippen LogP contribution in [0, 0.1) is 23.2 Å². The van der Waals surface area contributed by atoms with Crippen molar-refractivity contribution >= 4 is 0 Å². The minimum absolute atomic E-state index is 0.525. The average Bonchev–Trinajstić information content (AvgIpc) is 2.13. The summed E-state index contributed by atoms with van der Waals surface area (Å²) in [6.07, 6.45) is 4.08. The zero-order valence-corrected chi connectivity index (χ0v) is 11.4. The number of hydrogen-bond acceptors (Lipinski definition) is 0. The summed E-state index contributed by atoms with van der Waals surface area (Å²) in [6.45, 7) is 16.6. The highest BCUT2D eigenvalue weighted by atomic mass is 14.3. The SMILES string of the molecule is CCC(C)(C)C(C)CCC(C)C(C)C. The van der Waals surface area contributed by atoms with E-state index in [1.165, 1.54) is 19.3 Å². The second-order valence-corrected chi connectivity index (χ2v) is 6.04. The minimum Gasteiger partial charge on any atom is -0.0649 e. The summed E-state index contributed by atoms with van der Waals surface area (Å²) in [6, 6.07) is 0. The summed E-state index contributed by atoms with van der Waals surface area (Å²) in [5.74, 6) is 2.57. The van der Waals surface area contributed by atoms with Crippen LogP contribution in [0.25, 0.3) is 0 Å². The van der Waals surface area contributed by atoms with Crippen molar-refractivity contribution in [3.05, 3.63) is 0 Å². The van der Waals surface area contributed by atoms with E-state index in [1.54, 1.807) is 0 Å². The van der Waals surface area contributed by atoms with Gasteiger partial charge in [-0.1, -0.05) is 61.3 Å². The predicted molar refractivity (Wildman–Crippen MR) is 66.5 cm³/mol. The van der Waals surface area contributed by atoms with E-state index in [2.05, 4.69) is 48.5 Å². The van der Waals surface area contributed by atoms with E-state index in [4.69, 9.17) is 0 Å². The molecule has 0 N–H and O–H groups in total. The van der Waals surface area contributed by atoms with Crippen LogP contribution >= 0.6 is 0 Å². The summed E-state index contributed by atoms with van der Waals surface area (Å²) in [5.41, 5.74) is 0.525. The van der Waals surface area contributed by atoms with Crippen LogP contribution < -0.4 is 0 Å². The normalized spacial score (nSPS) is 17.1. The Morgan fingerprint density at radius 3 is 1.79 bits per heavy atom. The lowest BCUT2D eigenvalue weighted by Gasteiger charge is -2.31. The largest absolute Gasteiger partial charge is 0.0649 e. The summed E-state index contributed by atoms with van der Waals surface area (Å²) in [7, 11) is 0. The van der Waals surface area contributed by atoms with E-state index in [9.17, 15) is 0 Å². The molecule has 0 heteroatoms. The van der Waals surface area contributed by atoms with Crippen molar-refractivity contribution in [2.24, 2.45) is 23.2 Å². The molecule has 0 rings (SSSR count). The van der Waals surface area contributed by atoms with Gasteiger partial charge in [-0.25, -0.2) is 0 Å². The summed E-state index contributed by atoms with van der Waals surface area (Å²) < 4.78 is 0. The van der Waals surface area contributed by atoms with Gasteiger partial charge < -0.3 is 0 Å². The first kappa shape index (κ1) is 14.0. The smallest absolute Gasteiger partial charge is 0.0331 e. The molecule has 0 heterocycles. The van der Waals surface area contributed by atoms with E-state index in [1.807, 2.05) is 0 Å². The highest BCUT2D eigenvalue weighted by Gasteiger charge is 2.23. The minimum atomic E-state index is 0.525. The van der Waals surface area contributed by atoms with E-state index >= 15 is 0 Å². The van der Waals surface area contributed by atoms with Gasteiger partial charge in [0.25, 0.3) is 0 Å². The van der Waals surface area contributed by atoms with Gasteiger partial charge >= 0.3 is 0 Å². The molecule has 0 aromatic rings. The van der Waals surface area contributed by atoms with Gasteiger partial charge in [0, 0.05) is 0 Å². The molecular formula is C14H30. The van der Waals surface area contributed by atoms with E-state index in [0.717, 1.165) is 17.8 Å². The first-order valence-electron chi connectivity index (χ1n) is 6.31. The Labute approximate surface area is 91.5 Å². The molecule has 0 radical (unpaired) electrons. The molecule has 0 aromatic carbocycles. The molecule has 14 heavy (non-hydrogen) atoms. The fourth-order valence-electron chi connectivity index (χ4n) is 1.59. The second kappa shape index (κ2) is 5.78. The van der Waals surface area contributed by atoms with Crippen LogP contribution in [0.4, 0.5) is 0 Å². The second-order valence-electron chi connectivity index (χ2n) is 6.04. The van der Waals surface area contributed by atoms with Crippen molar-refractivity contribution in [1.82, 2.24) is 0 Å². The van der Waals surface area contributed by atoms with Crippen LogP contribution in [0.1, 0.15) is 67.7 Å². The van der Waals surface area contributed by atoms with Gasteiger partial charge in [0.05, 0.1) is 0 Å². The number of rotatable bonds is 6. The van der Waals surface area contributed by atoms with E-state index in [-0.39, 0.29) is 0 Å². The summed E-state index contributed by atoms with van der Waals surface area (Å²) in [5, 5.41) is 0. The standard InChI is InChI=1S/C14H30/c1-8-14(6,7)13(5)10-9-12(4)11(2)3/h11-13H,8-10H2,1-7H3. The molecule has 0 saturated heterocycles. The maximum absolute atomic E-state index is 2.41. The summed E-state index contributed by atoms with van der Waals surface area (Å²) >= 11 is 0. The molecule has 0 bridgehead atoms. The molecule has 0 aliphatic rings. The van der Waals surface area contributed by atoms with Crippen molar-refractivity contribution < 1.29 is 0 Å².